The normalized spacial score (nSPS) is 11.5. The highest BCUT2D eigenvalue weighted by Gasteiger charge is 2.14. The molecule has 0 aliphatic rings. The zero-order chi connectivity index (χ0) is 34.4. The van der Waals surface area contributed by atoms with Gasteiger partial charge in [0.25, 0.3) is 0 Å². The first-order chi connectivity index (χ1) is 25.7. The molecule has 0 saturated heterocycles. The molecule has 242 valence electrons. The summed E-state index contributed by atoms with van der Waals surface area (Å²) in [4.78, 5) is 5.26. The van der Waals surface area contributed by atoms with Crippen LogP contribution < -0.4 is 0 Å². The van der Waals surface area contributed by atoms with Crippen LogP contribution in [0.4, 0.5) is 0 Å². The average molecular weight is 660 g/mol. The van der Waals surface area contributed by atoms with Crippen molar-refractivity contribution in [2.45, 2.75) is 0 Å². The Bertz CT molecular complexity index is 2910. The maximum Gasteiger partial charge on any atom is 0.0715 e. The van der Waals surface area contributed by atoms with E-state index in [1.54, 1.807) is 0 Å². The Morgan fingerprint density at radius 2 is 0.654 bits per heavy atom. The largest absolute Gasteiger partial charge is 0.248 e. The van der Waals surface area contributed by atoms with Gasteiger partial charge in [0.05, 0.1) is 11.4 Å². The van der Waals surface area contributed by atoms with Gasteiger partial charge in [-0.05, 0) is 119 Å². The standard InChI is InChI=1S/C51H33N/c1-3-13-34(14-4-1)40-28-41(38-25-26-48-46-21-10-9-19-44(46)45-20-11-12-22-47(45)49(48)31-38)30-42(29-40)43-32-50(36-16-5-2-6-17-36)52-51(33-43)39-24-23-35-15-7-8-18-37(35)27-39/h1-33H. The summed E-state index contributed by atoms with van der Waals surface area (Å²) in [5.41, 5.74) is 11.1. The number of hydrogen-bond acceptors (Lipinski definition) is 1. The van der Waals surface area contributed by atoms with Crippen molar-refractivity contribution in [1.29, 1.82) is 0 Å². The molecule has 0 N–H and O–H groups in total. The molecule has 0 fully saturated rings. The highest BCUT2D eigenvalue weighted by atomic mass is 14.7. The molecule has 1 aromatic heterocycles. The molecule has 10 rings (SSSR count). The third kappa shape index (κ3) is 5.32. The van der Waals surface area contributed by atoms with Gasteiger partial charge in [-0.15, -0.1) is 0 Å². The quantitative estimate of drug-likeness (QED) is 0.168. The van der Waals surface area contributed by atoms with E-state index < -0.39 is 0 Å². The van der Waals surface area contributed by atoms with Crippen molar-refractivity contribution >= 4 is 43.1 Å². The third-order valence-electron chi connectivity index (χ3n) is 10.4. The van der Waals surface area contributed by atoms with Crippen LogP contribution in [0.25, 0.3) is 99.0 Å². The fourth-order valence-corrected chi connectivity index (χ4v) is 7.80. The first-order valence-electron chi connectivity index (χ1n) is 17.9. The fraction of sp³-hybridized carbons (Fsp3) is 0. The number of rotatable bonds is 5. The Labute approximate surface area is 303 Å². The summed E-state index contributed by atoms with van der Waals surface area (Å²) < 4.78 is 0. The Hall–Kier alpha value is -6.83. The summed E-state index contributed by atoms with van der Waals surface area (Å²) in [5.74, 6) is 0. The van der Waals surface area contributed by atoms with E-state index in [9.17, 15) is 0 Å². The van der Waals surface area contributed by atoms with Crippen LogP contribution in [0.1, 0.15) is 0 Å². The lowest BCUT2D eigenvalue weighted by atomic mass is 9.89. The SMILES string of the molecule is c1ccc(-c2cc(-c3cc(-c4ccccc4)nc(-c4ccc5ccccc5c4)c3)cc(-c3ccc4c5ccccc5c5ccccc5c4c3)c2)cc1. The smallest absolute Gasteiger partial charge is 0.0715 e. The van der Waals surface area contributed by atoms with E-state index in [4.69, 9.17) is 4.98 Å². The lowest BCUT2D eigenvalue weighted by Gasteiger charge is -2.15. The first-order valence-corrected chi connectivity index (χ1v) is 17.9. The molecule has 0 atom stereocenters. The lowest BCUT2D eigenvalue weighted by molar-refractivity contribution is 1.32. The van der Waals surface area contributed by atoms with E-state index in [2.05, 4.69) is 200 Å². The highest BCUT2D eigenvalue weighted by molar-refractivity contribution is 6.25. The van der Waals surface area contributed by atoms with E-state index in [1.807, 2.05) is 0 Å². The second-order valence-corrected chi connectivity index (χ2v) is 13.6. The van der Waals surface area contributed by atoms with Crippen molar-refractivity contribution in [3.63, 3.8) is 0 Å². The van der Waals surface area contributed by atoms with Gasteiger partial charge in [0.15, 0.2) is 0 Å². The topological polar surface area (TPSA) is 12.9 Å². The molecule has 0 bridgehead atoms. The van der Waals surface area contributed by atoms with Crippen LogP contribution in [0, 0.1) is 0 Å². The average Bonchev–Trinajstić information content (AvgIpc) is 3.23. The molecule has 0 amide bonds. The molecule has 0 aliphatic carbocycles. The molecule has 1 heterocycles. The summed E-state index contributed by atoms with van der Waals surface area (Å²) in [6.45, 7) is 0. The number of hydrogen-bond donors (Lipinski definition) is 0. The number of benzene rings is 9. The second-order valence-electron chi connectivity index (χ2n) is 13.6. The van der Waals surface area contributed by atoms with Gasteiger partial charge < -0.3 is 0 Å². The van der Waals surface area contributed by atoms with Crippen molar-refractivity contribution in [1.82, 2.24) is 4.98 Å². The maximum atomic E-state index is 5.26. The minimum atomic E-state index is 0.956. The van der Waals surface area contributed by atoms with Gasteiger partial charge in [-0.3, -0.25) is 0 Å². The zero-order valence-electron chi connectivity index (χ0n) is 28.5. The Morgan fingerprint density at radius 3 is 1.31 bits per heavy atom. The molecular formula is C51H33N. The Morgan fingerprint density at radius 1 is 0.212 bits per heavy atom. The predicted octanol–water partition coefficient (Wildman–Crippen LogP) is 14.0. The highest BCUT2D eigenvalue weighted by Crippen LogP contribution is 2.40. The van der Waals surface area contributed by atoms with E-state index in [1.165, 1.54) is 65.3 Å². The van der Waals surface area contributed by atoms with Gasteiger partial charge in [0.2, 0.25) is 0 Å². The summed E-state index contributed by atoms with van der Waals surface area (Å²) in [7, 11) is 0. The molecule has 1 nitrogen and oxygen atoms in total. The minimum absolute atomic E-state index is 0.956. The molecule has 1 heteroatoms. The van der Waals surface area contributed by atoms with Gasteiger partial charge >= 0.3 is 0 Å². The zero-order valence-corrected chi connectivity index (χ0v) is 28.5. The summed E-state index contributed by atoms with van der Waals surface area (Å²) in [6, 6.07) is 72.5. The van der Waals surface area contributed by atoms with Crippen LogP contribution in [0.5, 0.6) is 0 Å². The molecule has 0 spiro atoms. The van der Waals surface area contributed by atoms with E-state index >= 15 is 0 Å². The molecule has 0 unspecified atom stereocenters. The van der Waals surface area contributed by atoms with Crippen LogP contribution in [0.3, 0.4) is 0 Å². The van der Waals surface area contributed by atoms with Crippen LogP contribution in [0.2, 0.25) is 0 Å². The summed E-state index contributed by atoms with van der Waals surface area (Å²) in [5, 5.41) is 10.1. The van der Waals surface area contributed by atoms with Crippen LogP contribution in [-0.2, 0) is 0 Å². The molecule has 0 saturated carbocycles. The first kappa shape index (κ1) is 30.0. The van der Waals surface area contributed by atoms with Crippen molar-refractivity contribution in [2.24, 2.45) is 0 Å². The van der Waals surface area contributed by atoms with Crippen molar-refractivity contribution < 1.29 is 0 Å². The Kier molecular flexibility index (Phi) is 7.22. The van der Waals surface area contributed by atoms with Crippen molar-refractivity contribution in [3.05, 3.63) is 200 Å². The van der Waals surface area contributed by atoms with E-state index in [0.29, 0.717) is 0 Å². The summed E-state index contributed by atoms with van der Waals surface area (Å²) >= 11 is 0. The van der Waals surface area contributed by atoms with Crippen molar-refractivity contribution in [2.75, 3.05) is 0 Å². The number of pyridine rings is 1. The molecule has 9 aromatic carbocycles. The van der Waals surface area contributed by atoms with E-state index in [-0.39, 0.29) is 0 Å². The maximum absolute atomic E-state index is 5.26. The van der Waals surface area contributed by atoms with Crippen LogP contribution in [-0.4, -0.2) is 4.98 Å². The third-order valence-corrected chi connectivity index (χ3v) is 10.4. The minimum Gasteiger partial charge on any atom is -0.248 e. The van der Waals surface area contributed by atoms with E-state index in [0.717, 1.165) is 33.6 Å². The lowest BCUT2D eigenvalue weighted by Crippen LogP contribution is -1.93. The van der Waals surface area contributed by atoms with Crippen LogP contribution >= 0.6 is 0 Å². The molecule has 0 radical (unpaired) electrons. The monoisotopic (exact) mass is 659 g/mol. The van der Waals surface area contributed by atoms with Gasteiger partial charge in [-0.2, -0.15) is 0 Å². The number of aromatic nitrogens is 1. The van der Waals surface area contributed by atoms with Gasteiger partial charge in [-0.1, -0.05) is 158 Å². The van der Waals surface area contributed by atoms with Gasteiger partial charge in [-0.25, -0.2) is 4.98 Å². The van der Waals surface area contributed by atoms with Gasteiger partial charge in [0, 0.05) is 11.1 Å². The Balaban J connectivity index is 1.21. The molecule has 52 heavy (non-hydrogen) atoms. The number of fused-ring (bicyclic) bond motifs is 7. The molecular weight excluding hydrogens is 627 g/mol. The molecule has 10 aromatic rings. The molecule has 0 aliphatic heterocycles. The van der Waals surface area contributed by atoms with Crippen LogP contribution in [0.15, 0.2) is 200 Å². The van der Waals surface area contributed by atoms with Crippen molar-refractivity contribution in [3.8, 4) is 55.9 Å². The number of nitrogens with zero attached hydrogens (tertiary/aromatic N) is 1. The predicted molar refractivity (Wildman–Crippen MR) is 221 cm³/mol. The fourth-order valence-electron chi connectivity index (χ4n) is 7.80. The second kappa shape index (κ2) is 12.5. The summed E-state index contributed by atoms with van der Waals surface area (Å²) in [6.07, 6.45) is 0. The van der Waals surface area contributed by atoms with Gasteiger partial charge in [0.1, 0.15) is 0 Å².